The molecule has 1 aromatic carbocycles. The van der Waals surface area contributed by atoms with Crippen LogP contribution in [0.25, 0.3) is 5.69 Å². The first-order chi connectivity index (χ1) is 8.83. The Kier molecular flexibility index (Phi) is 3.05. The van der Waals surface area contributed by atoms with E-state index in [0.29, 0.717) is 6.04 Å². The first-order valence-corrected chi connectivity index (χ1v) is 6.68. The summed E-state index contributed by atoms with van der Waals surface area (Å²) >= 11 is 0. The number of benzene rings is 1. The number of imidazole rings is 1. The average molecular weight is 241 g/mol. The van der Waals surface area contributed by atoms with Gasteiger partial charge in [-0.1, -0.05) is 19.4 Å². The largest absolute Gasteiger partial charge is 0.382 e. The second kappa shape index (κ2) is 4.84. The van der Waals surface area contributed by atoms with Crippen LogP contribution >= 0.6 is 0 Å². The Hall–Kier alpha value is -1.77. The minimum atomic E-state index is 0.628. The molecule has 0 aliphatic heterocycles. The van der Waals surface area contributed by atoms with Crippen molar-refractivity contribution in [3.05, 3.63) is 43.0 Å². The molecule has 0 radical (unpaired) electrons. The van der Waals surface area contributed by atoms with Crippen molar-refractivity contribution in [2.45, 2.75) is 32.2 Å². The highest BCUT2D eigenvalue weighted by Crippen LogP contribution is 2.28. The van der Waals surface area contributed by atoms with E-state index in [1.807, 2.05) is 17.1 Å². The summed E-state index contributed by atoms with van der Waals surface area (Å²) in [5.41, 5.74) is 2.36. The lowest BCUT2D eigenvalue weighted by molar-refractivity contribution is 0.556. The van der Waals surface area contributed by atoms with Gasteiger partial charge in [-0.3, -0.25) is 0 Å². The van der Waals surface area contributed by atoms with Crippen LogP contribution in [0.3, 0.4) is 0 Å². The highest BCUT2D eigenvalue weighted by Gasteiger charge is 2.22. The molecule has 1 aromatic heterocycles. The van der Waals surface area contributed by atoms with Gasteiger partial charge in [0.15, 0.2) is 0 Å². The van der Waals surface area contributed by atoms with Gasteiger partial charge in [-0.05, 0) is 37.0 Å². The van der Waals surface area contributed by atoms with Crippen LogP contribution in [0.15, 0.2) is 43.0 Å². The van der Waals surface area contributed by atoms with Crippen molar-refractivity contribution in [2.75, 3.05) is 5.32 Å². The molecule has 3 heteroatoms. The van der Waals surface area contributed by atoms with E-state index >= 15 is 0 Å². The van der Waals surface area contributed by atoms with Crippen molar-refractivity contribution in [3.63, 3.8) is 0 Å². The van der Waals surface area contributed by atoms with Crippen molar-refractivity contribution >= 4 is 5.69 Å². The van der Waals surface area contributed by atoms with E-state index in [4.69, 9.17) is 0 Å². The third-order valence-corrected chi connectivity index (χ3v) is 3.86. The Morgan fingerprint density at radius 1 is 1.33 bits per heavy atom. The minimum absolute atomic E-state index is 0.628. The van der Waals surface area contributed by atoms with Crippen molar-refractivity contribution in [1.29, 1.82) is 0 Å². The van der Waals surface area contributed by atoms with E-state index in [2.05, 4.69) is 41.5 Å². The van der Waals surface area contributed by atoms with Crippen LogP contribution in [0.5, 0.6) is 0 Å². The molecular weight excluding hydrogens is 222 g/mol. The van der Waals surface area contributed by atoms with Gasteiger partial charge in [0.2, 0.25) is 0 Å². The molecule has 2 atom stereocenters. The van der Waals surface area contributed by atoms with E-state index in [1.165, 1.54) is 24.9 Å². The zero-order valence-corrected chi connectivity index (χ0v) is 10.7. The monoisotopic (exact) mass is 241 g/mol. The molecule has 1 heterocycles. The molecule has 1 N–H and O–H groups in total. The second-order valence-electron chi connectivity index (χ2n) is 5.18. The quantitative estimate of drug-likeness (QED) is 0.891. The average Bonchev–Trinajstić information content (AvgIpc) is 3.02. The highest BCUT2D eigenvalue weighted by molar-refractivity contribution is 5.51. The third-order valence-electron chi connectivity index (χ3n) is 3.86. The number of rotatable bonds is 3. The van der Waals surface area contributed by atoms with E-state index in [-0.39, 0.29) is 0 Å². The maximum Gasteiger partial charge on any atom is 0.0991 e. The minimum Gasteiger partial charge on any atom is -0.382 e. The van der Waals surface area contributed by atoms with E-state index in [9.17, 15) is 0 Å². The molecule has 3 rings (SSSR count). The summed E-state index contributed by atoms with van der Waals surface area (Å²) in [6, 6.07) is 9.16. The van der Waals surface area contributed by atoms with Gasteiger partial charge >= 0.3 is 0 Å². The summed E-state index contributed by atoms with van der Waals surface area (Å²) in [4.78, 5) is 4.09. The fraction of sp³-hybridized carbons (Fsp3) is 0.400. The van der Waals surface area contributed by atoms with Crippen molar-refractivity contribution in [2.24, 2.45) is 5.92 Å². The number of anilines is 1. The molecule has 0 saturated heterocycles. The van der Waals surface area contributed by atoms with Crippen LogP contribution in [-0.2, 0) is 0 Å². The molecule has 94 valence electrons. The summed E-state index contributed by atoms with van der Waals surface area (Å²) in [6.45, 7) is 2.34. The Morgan fingerprint density at radius 3 is 3.00 bits per heavy atom. The second-order valence-corrected chi connectivity index (χ2v) is 5.18. The molecule has 2 unspecified atom stereocenters. The summed E-state index contributed by atoms with van der Waals surface area (Å²) in [7, 11) is 0. The maximum atomic E-state index is 4.09. The molecule has 1 fully saturated rings. The fourth-order valence-electron chi connectivity index (χ4n) is 2.74. The van der Waals surface area contributed by atoms with Crippen molar-refractivity contribution in [3.8, 4) is 5.69 Å². The number of aromatic nitrogens is 2. The molecule has 1 aliphatic carbocycles. The van der Waals surface area contributed by atoms with E-state index in [0.717, 1.165) is 11.6 Å². The van der Waals surface area contributed by atoms with Gasteiger partial charge < -0.3 is 9.88 Å². The number of hydrogen-bond acceptors (Lipinski definition) is 2. The lowest BCUT2D eigenvalue weighted by Crippen LogP contribution is -2.21. The lowest BCUT2D eigenvalue weighted by Gasteiger charge is -2.19. The van der Waals surface area contributed by atoms with Crippen LogP contribution in [0.4, 0.5) is 5.69 Å². The number of hydrogen-bond donors (Lipinski definition) is 1. The highest BCUT2D eigenvalue weighted by atomic mass is 15.0. The molecule has 1 saturated carbocycles. The van der Waals surface area contributed by atoms with Gasteiger partial charge in [-0.25, -0.2) is 4.98 Å². The Morgan fingerprint density at radius 2 is 2.28 bits per heavy atom. The first kappa shape index (κ1) is 11.3. The normalized spacial score (nSPS) is 23.2. The van der Waals surface area contributed by atoms with Crippen molar-refractivity contribution < 1.29 is 0 Å². The van der Waals surface area contributed by atoms with Crippen LogP contribution in [0.1, 0.15) is 26.2 Å². The first-order valence-electron chi connectivity index (χ1n) is 6.68. The van der Waals surface area contributed by atoms with E-state index < -0.39 is 0 Å². The molecule has 3 nitrogen and oxygen atoms in total. The Labute approximate surface area is 108 Å². The van der Waals surface area contributed by atoms with Crippen LogP contribution in [0.2, 0.25) is 0 Å². The van der Waals surface area contributed by atoms with Gasteiger partial charge in [0.1, 0.15) is 0 Å². The third kappa shape index (κ3) is 2.26. The zero-order valence-electron chi connectivity index (χ0n) is 10.7. The van der Waals surface area contributed by atoms with E-state index in [1.54, 1.807) is 6.20 Å². The maximum absolute atomic E-state index is 4.09. The molecule has 2 aromatic rings. The molecule has 0 amide bonds. The zero-order chi connectivity index (χ0) is 12.4. The summed E-state index contributed by atoms with van der Waals surface area (Å²) in [6.07, 6.45) is 9.59. The molecule has 0 spiro atoms. The van der Waals surface area contributed by atoms with Gasteiger partial charge in [-0.15, -0.1) is 0 Å². The summed E-state index contributed by atoms with van der Waals surface area (Å²) in [5, 5.41) is 3.66. The molecule has 18 heavy (non-hydrogen) atoms. The Balaban J connectivity index is 1.79. The van der Waals surface area contributed by atoms with Gasteiger partial charge in [0.05, 0.1) is 6.33 Å². The lowest BCUT2D eigenvalue weighted by atomic mass is 10.1. The topological polar surface area (TPSA) is 29.9 Å². The number of nitrogens with one attached hydrogen (secondary N) is 1. The van der Waals surface area contributed by atoms with Crippen LogP contribution in [0, 0.1) is 5.92 Å². The summed E-state index contributed by atoms with van der Waals surface area (Å²) in [5.74, 6) is 0.780. The SMILES string of the molecule is CC1CCCC1Nc1cccc(-n2ccnc2)c1. The number of nitrogens with zero attached hydrogens (tertiary/aromatic N) is 2. The van der Waals surface area contributed by atoms with Gasteiger partial charge in [-0.2, -0.15) is 0 Å². The standard InChI is InChI=1S/C15H19N3/c1-12-4-2-7-15(12)17-13-5-3-6-14(10-13)18-9-8-16-11-18/h3,5-6,8-12,15,17H,2,4,7H2,1H3. The van der Waals surface area contributed by atoms with Crippen LogP contribution in [-0.4, -0.2) is 15.6 Å². The summed E-state index contributed by atoms with van der Waals surface area (Å²) < 4.78 is 2.03. The molecule has 1 aliphatic rings. The van der Waals surface area contributed by atoms with Crippen LogP contribution < -0.4 is 5.32 Å². The Bertz CT molecular complexity index is 504. The smallest absolute Gasteiger partial charge is 0.0991 e. The molecule has 0 bridgehead atoms. The van der Waals surface area contributed by atoms with Crippen molar-refractivity contribution in [1.82, 2.24) is 9.55 Å². The molecular formula is C15H19N3. The predicted octanol–water partition coefficient (Wildman–Crippen LogP) is 3.47. The fourth-order valence-corrected chi connectivity index (χ4v) is 2.74. The van der Waals surface area contributed by atoms with Gasteiger partial charge in [0.25, 0.3) is 0 Å². The van der Waals surface area contributed by atoms with Gasteiger partial charge in [0, 0.05) is 29.8 Å². The predicted molar refractivity (Wildman–Crippen MR) is 74.0 cm³/mol.